The molecule has 1 aromatic heterocycles. The number of rotatable bonds is 6. The molecule has 4 rings (SSSR count). The van der Waals surface area contributed by atoms with Crippen LogP contribution in [0, 0.1) is 11.8 Å². The summed E-state index contributed by atoms with van der Waals surface area (Å²) >= 11 is 1.78. The second-order valence-electron chi connectivity index (χ2n) is 8.40. The van der Waals surface area contributed by atoms with Crippen LogP contribution in [-0.2, 0) is 11.3 Å². The van der Waals surface area contributed by atoms with Gasteiger partial charge in [-0.3, -0.25) is 9.69 Å². The van der Waals surface area contributed by atoms with Gasteiger partial charge in [-0.15, -0.1) is 0 Å². The summed E-state index contributed by atoms with van der Waals surface area (Å²) in [7, 11) is 3.83. The number of anilines is 1. The molecule has 2 aromatic rings. The van der Waals surface area contributed by atoms with Crippen molar-refractivity contribution < 1.29 is 9.53 Å². The fourth-order valence-electron chi connectivity index (χ4n) is 4.83. The number of thiophene rings is 1. The largest absolute Gasteiger partial charge is 0.497 e. The highest BCUT2D eigenvalue weighted by molar-refractivity contribution is 7.07. The third-order valence-corrected chi connectivity index (χ3v) is 7.22. The highest BCUT2D eigenvalue weighted by Gasteiger charge is 2.39. The van der Waals surface area contributed by atoms with Gasteiger partial charge >= 0.3 is 0 Å². The normalized spacial score (nSPS) is 23.9. The van der Waals surface area contributed by atoms with Crippen LogP contribution in [0.3, 0.4) is 0 Å². The van der Waals surface area contributed by atoms with E-state index >= 15 is 0 Å². The lowest BCUT2D eigenvalue weighted by Gasteiger charge is -2.37. The molecule has 6 heteroatoms. The number of carbonyl (C=O) groups excluding carboxylic acids is 1. The maximum atomic E-state index is 12.8. The highest BCUT2D eigenvalue weighted by atomic mass is 32.1. The van der Waals surface area contributed by atoms with Crippen LogP contribution >= 0.6 is 11.3 Å². The van der Waals surface area contributed by atoms with Crippen molar-refractivity contribution in [3.8, 4) is 5.75 Å². The fraction of sp³-hybridized carbons (Fsp3) is 0.522. The molecule has 2 atom stereocenters. The van der Waals surface area contributed by atoms with Gasteiger partial charge in [-0.1, -0.05) is 0 Å². The van der Waals surface area contributed by atoms with Crippen LogP contribution < -0.4 is 10.1 Å². The highest BCUT2D eigenvalue weighted by Crippen LogP contribution is 2.34. The molecule has 0 radical (unpaired) electrons. The average Bonchev–Trinajstić information content (AvgIpc) is 3.39. The van der Waals surface area contributed by atoms with Crippen molar-refractivity contribution in [3.05, 3.63) is 46.7 Å². The van der Waals surface area contributed by atoms with Gasteiger partial charge < -0.3 is 15.0 Å². The summed E-state index contributed by atoms with van der Waals surface area (Å²) in [5.74, 6) is 1.70. The monoisotopic (exact) mass is 413 g/mol. The molecular weight excluding hydrogens is 382 g/mol. The molecule has 2 fully saturated rings. The van der Waals surface area contributed by atoms with Crippen LogP contribution in [0.15, 0.2) is 41.1 Å². The second-order valence-corrected chi connectivity index (χ2v) is 9.18. The Morgan fingerprint density at radius 1 is 1.21 bits per heavy atom. The van der Waals surface area contributed by atoms with E-state index < -0.39 is 0 Å². The summed E-state index contributed by atoms with van der Waals surface area (Å²) in [5, 5.41) is 7.49. The molecule has 5 nitrogen and oxygen atoms in total. The zero-order valence-corrected chi connectivity index (χ0v) is 18.2. The van der Waals surface area contributed by atoms with E-state index in [1.807, 2.05) is 24.3 Å². The van der Waals surface area contributed by atoms with Gasteiger partial charge in [0.15, 0.2) is 0 Å². The molecule has 156 valence electrons. The maximum absolute atomic E-state index is 12.8. The van der Waals surface area contributed by atoms with Crippen LogP contribution in [0.1, 0.15) is 24.8 Å². The topological polar surface area (TPSA) is 44.8 Å². The molecule has 3 heterocycles. The number of benzene rings is 1. The van der Waals surface area contributed by atoms with Gasteiger partial charge in [0.25, 0.3) is 0 Å². The first-order valence-electron chi connectivity index (χ1n) is 10.5. The van der Waals surface area contributed by atoms with E-state index in [-0.39, 0.29) is 11.8 Å². The van der Waals surface area contributed by atoms with Crippen molar-refractivity contribution in [1.82, 2.24) is 9.80 Å². The van der Waals surface area contributed by atoms with Crippen LogP contribution in [0.25, 0.3) is 0 Å². The SMILES string of the molecule is COc1ccc(NC(=O)[C@H]2C[C@H](C3CCN(Cc4ccsc4)CC3)N(C)C2)cc1. The third-order valence-electron chi connectivity index (χ3n) is 6.49. The molecule has 29 heavy (non-hydrogen) atoms. The molecule has 0 aliphatic carbocycles. The number of piperidine rings is 1. The van der Waals surface area contributed by atoms with Crippen molar-refractivity contribution in [1.29, 1.82) is 0 Å². The fourth-order valence-corrected chi connectivity index (χ4v) is 5.49. The number of nitrogens with one attached hydrogen (secondary N) is 1. The number of amides is 1. The van der Waals surface area contributed by atoms with E-state index in [0.717, 1.165) is 44.0 Å². The van der Waals surface area contributed by atoms with Gasteiger partial charge in [0.05, 0.1) is 13.0 Å². The first-order valence-corrected chi connectivity index (χ1v) is 11.4. The first kappa shape index (κ1) is 20.4. The lowest BCUT2D eigenvalue weighted by Crippen LogP contribution is -2.41. The molecule has 2 aliphatic heterocycles. The van der Waals surface area contributed by atoms with Crippen LogP contribution in [0.2, 0.25) is 0 Å². The summed E-state index contributed by atoms with van der Waals surface area (Å²) in [6, 6.07) is 10.3. The van der Waals surface area contributed by atoms with Crippen molar-refractivity contribution in [2.75, 3.05) is 39.1 Å². The van der Waals surface area contributed by atoms with Crippen molar-refractivity contribution in [2.45, 2.75) is 31.8 Å². The Morgan fingerprint density at radius 2 is 1.97 bits per heavy atom. The van der Waals surface area contributed by atoms with Gasteiger partial charge in [-0.2, -0.15) is 11.3 Å². The average molecular weight is 414 g/mol. The maximum Gasteiger partial charge on any atom is 0.228 e. The Hall–Kier alpha value is -1.89. The van der Waals surface area contributed by atoms with Gasteiger partial charge in [0.2, 0.25) is 5.91 Å². The minimum Gasteiger partial charge on any atom is -0.497 e. The van der Waals surface area contributed by atoms with Crippen LogP contribution in [0.4, 0.5) is 5.69 Å². The van der Waals surface area contributed by atoms with Crippen molar-refractivity contribution in [3.63, 3.8) is 0 Å². The molecule has 0 spiro atoms. The van der Waals surface area contributed by atoms with Crippen LogP contribution in [-0.4, -0.2) is 55.5 Å². The minimum atomic E-state index is 0.0657. The summed E-state index contributed by atoms with van der Waals surface area (Å²) in [5.41, 5.74) is 2.27. The Balaban J connectivity index is 1.27. The minimum absolute atomic E-state index is 0.0657. The van der Waals surface area contributed by atoms with Gasteiger partial charge in [-0.25, -0.2) is 0 Å². The molecule has 0 unspecified atom stereocenters. The Morgan fingerprint density at radius 3 is 2.62 bits per heavy atom. The zero-order chi connectivity index (χ0) is 20.2. The molecular formula is C23H31N3O2S. The molecule has 1 N–H and O–H groups in total. The number of hydrogen-bond donors (Lipinski definition) is 1. The number of ether oxygens (including phenoxy) is 1. The van der Waals surface area contributed by atoms with Crippen molar-refractivity contribution in [2.24, 2.45) is 11.8 Å². The Bertz CT molecular complexity index is 785. The van der Waals surface area contributed by atoms with Gasteiger partial charge in [-0.05, 0) is 92.0 Å². The quantitative estimate of drug-likeness (QED) is 0.779. The predicted molar refractivity (Wildman–Crippen MR) is 118 cm³/mol. The van der Waals surface area contributed by atoms with E-state index in [0.29, 0.717) is 12.0 Å². The summed E-state index contributed by atoms with van der Waals surface area (Å²) < 4.78 is 5.18. The summed E-state index contributed by atoms with van der Waals surface area (Å²) in [6.45, 7) is 4.24. The second kappa shape index (κ2) is 9.28. The third kappa shape index (κ3) is 5.00. The van der Waals surface area contributed by atoms with E-state index in [2.05, 4.69) is 39.0 Å². The van der Waals surface area contributed by atoms with Gasteiger partial charge in [0.1, 0.15) is 5.75 Å². The molecule has 2 saturated heterocycles. The molecule has 0 saturated carbocycles. The number of nitrogens with zero attached hydrogens (tertiary/aromatic N) is 2. The first-order chi connectivity index (χ1) is 14.1. The van der Waals surface area contributed by atoms with E-state index in [9.17, 15) is 4.79 Å². The number of hydrogen-bond acceptors (Lipinski definition) is 5. The lowest BCUT2D eigenvalue weighted by molar-refractivity contribution is -0.119. The standard InChI is InChI=1S/C23H31N3O2S/c1-25-15-19(23(27)24-20-3-5-21(28-2)6-4-20)13-22(25)18-7-10-26(11-8-18)14-17-9-12-29-16-17/h3-6,9,12,16,18-19,22H,7-8,10-11,13-15H2,1-2H3,(H,24,27)/t19-,22+/m0/s1. The molecule has 1 amide bonds. The number of likely N-dealkylation sites (tertiary alicyclic amines) is 2. The zero-order valence-electron chi connectivity index (χ0n) is 17.3. The summed E-state index contributed by atoms with van der Waals surface area (Å²) in [6.07, 6.45) is 3.42. The molecule has 2 aliphatic rings. The number of methoxy groups -OCH3 is 1. The number of carbonyl (C=O) groups is 1. The van der Waals surface area contributed by atoms with Crippen molar-refractivity contribution >= 4 is 22.9 Å². The van der Waals surface area contributed by atoms with Crippen LogP contribution in [0.5, 0.6) is 5.75 Å². The Kier molecular flexibility index (Phi) is 6.53. The summed E-state index contributed by atoms with van der Waals surface area (Å²) in [4.78, 5) is 17.8. The Labute approximate surface area is 177 Å². The molecule has 0 bridgehead atoms. The smallest absolute Gasteiger partial charge is 0.228 e. The molecule has 1 aromatic carbocycles. The van der Waals surface area contributed by atoms with E-state index in [1.54, 1.807) is 18.4 Å². The predicted octanol–water partition coefficient (Wildman–Crippen LogP) is 3.93. The van der Waals surface area contributed by atoms with Gasteiger partial charge in [0, 0.05) is 24.8 Å². The van der Waals surface area contributed by atoms with E-state index in [4.69, 9.17) is 4.74 Å². The van der Waals surface area contributed by atoms with E-state index in [1.165, 1.54) is 18.4 Å². The lowest BCUT2D eigenvalue weighted by atomic mass is 9.86.